The molecule has 1 fully saturated rings. The van der Waals surface area contributed by atoms with E-state index in [1.165, 1.54) is 41.2 Å². The molecular formula is C26H24ClFN4O. The molecule has 7 heteroatoms. The second kappa shape index (κ2) is 9.33. The number of benzene rings is 3. The van der Waals surface area contributed by atoms with Crippen molar-refractivity contribution in [2.24, 2.45) is 0 Å². The molecular weight excluding hydrogens is 439 g/mol. The average Bonchev–Trinajstić information content (AvgIpc) is 3.32. The molecule has 0 radical (unpaired) electrons. The van der Waals surface area contributed by atoms with Gasteiger partial charge in [0.05, 0.1) is 28.2 Å². The minimum absolute atomic E-state index is 0.214. The lowest BCUT2D eigenvalue weighted by Gasteiger charge is -2.17. The van der Waals surface area contributed by atoms with Crippen LogP contribution in [0.25, 0.3) is 16.6 Å². The fraction of sp³-hybridized carbons (Fsp3) is 0.231. The summed E-state index contributed by atoms with van der Waals surface area (Å²) in [6, 6.07) is 19.5. The lowest BCUT2D eigenvalue weighted by Crippen LogP contribution is -2.25. The largest absolute Gasteiger partial charge is 0.378 e. The van der Waals surface area contributed by atoms with Crippen molar-refractivity contribution in [1.82, 2.24) is 14.5 Å². The van der Waals surface area contributed by atoms with E-state index >= 15 is 0 Å². The lowest BCUT2D eigenvalue weighted by atomic mass is 10.2. The number of hydrogen-bond acceptors (Lipinski definition) is 4. The zero-order valence-corrected chi connectivity index (χ0v) is 18.9. The zero-order chi connectivity index (χ0) is 22.8. The topological polar surface area (TPSA) is 50.2 Å². The van der Waals surface area contributed by atoms with Crippen LogP contribution in [0.4, 0.5) is 10.1 Å². The van der Waals surface area contributed by atoms with Crippen LogP contribution < -0.4 is 10.9 Å². The van der Waals surface area contributed by atoms with Gasteiger partial charge in [-0.05, 0) is 74.0 Å². The van der Waals surface area contributed by atoms with Gasteiger partial charge in [-0.1, -0.05) is 35.9 Å². The molecule has 1 aliphatic rings. The number of nitrogens with one attached hydrogen (secondary N) is 1. The summed E-state index contributed by atoms with van der Waals surface area (Å²) in [7, 11) is 0. The molecule has 4 aromatic rings. The van der Waals surface area contributed by atoms with E-state index in [1.807, 2.05) is 18.2 Å². The van der Waals surface area contributed by atoms with Gasteiger partial charge >= 0.3 is 0 Å². The maximum absolute atomic E-state index is 13.9. The number of likely N-dealkylation sites (tertiary alicyclic amines) is 1. The summed E-state index contributed by atoms with van der Waals surface area (Å²) >= 11 is 6.42. The molecule has 1 aliphatic heterocycles. The normalized spacial score (nSPS) is 14.1. The average molecular weight is 463 g/mol. The van der Waals surface area contributed by atoms with Gasteiger partial charge in [-0.25, -0.2) is 9.37 Å². The first-order valence-electron chi connectivity index (χ1n) is 11.1. The first-order valence-corrected chi connectivity index (χ1v) is 11.5. The number of nitrogens with zero attached hydrogens (tertiary/aromatic N) is 3. The Balaban J connectivity index is 1.50. The summed E-state index contributed by atoms with van der Waals surface area (Å²) in [6.45, 7) is 3.52. The van der Waals surface area contributed by atoms with Crippen molar-refractivity contribution in [3.05, 3.63) is 99.3 Å². The molecule has 0 atom stereocenters. The first-order chi connectivity index (χ1) is 16.1. The number of halogens is 2. The third kappa shape index (κ3) is 4.63. The van der Waals surface area contributed by atoms with Gasteiger partial charge in [0.15, 0.2) is 0 Å². The van der Waals surface area contributed by atoms with E-state index in [0.29, 0.717) is 28.6 Å². The van der Waals surface area contributed by atoms with Gasteiger partial charge in [-0.3, -0.25) is 14.3 Å². The van der Waals surface area contributed by atoms with E-state index in [1.54, 1.807) is 18.2 Å². The first kappa shape index (κ1) is 21.6. The van der Waals surface area contributed by atoms with Crippen LogP contribution in [-0.2, 0) is 13.1 Å². The Labute approximate surface area is 196 Å². The molecule has 0 saturated carbocycles. The van der Waals surface area contributed by atoms with E-state index in [-0.39, 0.29) is 10.9 Å². The third-order valence-electron chi connectivity index (χ3n) is 5.98. The number of hydrogen-bond donors (Lipinski definition) is 1. The van der Waals surface area contributed by atoms with Crippen molar-refractivity contribution < 1.29 is 4.39 Å². The molecule has 5 rings (SSSR count). The Hall–Kier alpha value is -3.22. The summed E-state index contributed by atoms with van der Waals surface area (Å²) in [5.74, 6) is 0.0185. The minimum Gasteiger partial charge on any atom is -0.378 e. The van der Waals surface area contributed by atoms with Crippen molar-refractivity contribution in [3.8, 4) is 5.69 Å². The van der Waals surface area contributed by atoms with Gasteiger partial charge in [0.2, 0.25) is 0 Å². The standard InChI is InChI=1S/C26H24ClFN4O/c27-22-8-1-2-9-24(22)32-25(30-23-11-10-19(28)15-21(23)26(32)33)16-29-20-7-5-6-18(14-20)17-31-12-3-4-13-31/h1-2,5-11,14-15,29H,3-4,12-13,16-17H2. The predicted octanol–water partition coefficient (Wildman–Crippen LogP) is 5.39. The Morgan fingerprint density at radius 2 is 1.82 bits per heavy atom. The third-order valence-corrected chi connectivity index (χ3v) is 6.30. The molecule has 1 aromatic heterocycles. The summed E-state index contributed by atoms with van der Waals surface area (Å²) in [5.41, 5.74) is 2.80. The van der Waals surface area contributed by atoms with Crippen LogP contribution in [0.5, 0.6) is 0 Å². The summed E-state index contributed by atoms with van der Waals surface area (Å²) < 4.78 is 15.3. The van der Waals surface area contributed by atoms with Crippen molar-refractivity contribution in [2.75, 3.05) is 18.4 Å². The maximum atomic E-state index is 13.9. The fourth-order valence-corrected chi connectivity index (χ4v) is 4.58. The van der Waals surface area contributed by atoms with Crippen molar-refractivity contribution in [1.29, 1.82) is 0 Å². The monoisotopic (exact) mass is 462 g/mol. The summed E-state index contributed by atoms with van der Waals surface area (Å²) in [4.78, 5) is 20.5. The van der Waals surface area contributed by atoms with Crippen LogP contribution in [0.3, 0.4) is 0 Å². The second-order valence-corrected chi connectivity index (χ2v) is 8.73. The molecule has 168 valence electrons. The van der Waals surface area contributed by atoms with Gasteiger partial charge in [-0.2, -0.15) is 0 Å². The van der Waals surface area contributed by atoms with E-state index < -0.39 is 5.82 Å². The Morgan fingerprint density at radius 3 is 2.64 bits per heavy atom. The molecule has 0 bridgehead atoms. The van der Waals surface area contributed by atoms with Gasteiger partial charge in [0.1, 0.15) is 11.6 Å². The molecule has 0 amide bonds. The van der Waals surface area contributed by atoms with E-state index in [2.05, 4.69) is 27.3 Å². The molecule has 3 aromatic carbocycles. The summed E-state index contributed by atoms with van der Waals surface area (Å²) in [5, 5.41) is 4.04. The molecule has 1 N–H and O–H groups in total. The molecule has 0 aliphatic carbocycles. The van der Waals surface area contributed by atoms with Crippen LogP contribution in [0.1, 0.15) is 24.2 Å². The zero-order valence-electron chi connectivity index (χ0n) is 18.1. The number of para-hydroxylation sites is 1. The Kier molecular flexibility index (Phi) is 6.11. The summed E-state index contributed by atoms with van der Waals surface area (Å²) in [6.07, 6.45) is 2.52. The van der Waals surface area contributed by atoms with Crippen LogP contribution >= 0.6 is 11.6 Å². The number of rotatable bonds is 6. The number of fused-ring (bicyclic) bond motifs is 1. The molecule has 0 unspecified atom stereocenters. The quantitative estimate of drug-likeness (QED) is 0.417. The highest BCUT2D eigenvalue weighted by Crippen LogP contribution is 2.22. The van der Waals surface area contributed by atoms with Gasteiger partial charge in [0.25, 0.3) is 5.56 Å². The van der Waals surface area contributed by atoms with Crippen molar-refractivity contribution in [3.63, 3.8) is 0 Å². The van der Waals surface area contributed by atoms with Crippen LogP contribution in [0.2, 0.25) is 5.02 Å². The molecule has 5 nitrogen and oxygen atoms in total. The Morgan fingerprint density at radius 1 is 1.00 bits per heavy atom. The molecule has 1 saturated heterocycles. The number of anilines is 1. The highest BCUT2D eigenvalue weighted by molar-refractivity contribution is 6.32. The lowest BCUT2D eigenvalue weighted by molar-refractivity contribution is 0.331. The van der Waals surface area contributed by atoms with Crippen molar-refractivity contribution in [2.45, 2.75) is 25.9 Å². The highest BCUT2D eigenvalue weighted by Gasteiger charge is 2.16. The van der Waals surface area contributed by atoms with Gasteiger partial charge in [-0.15, -0.1) is 0 Å². The van der Waals surface area contributed by atoms with Gasteiger partial charge < -0.3 is 5.32 Å². The second-order valence-electron chi connectivity index (χ2n) is 8.32. The van der Waals surface area contributed by atoms with Crippen LogP contribution in [-0.4, -0.2) is 27.5 Å². The van der Waals surface area contributed by atoms with E-state index in [0.717, 1.165) is 25.3 Å². The van der Waals surface area contributed by atoms with E-state index in [9.17, 15) is 9.18 Å². The smallest absolute Gasteiger partial charge is 0.266 e. The molecule has 33 heavy (non-hydrogen) atoms. The maximum Gasteiger partial charge on any atom is 0.266 e. The molecule has 2 heterocycles. The Bertz CT molecular complexity index is 1360. The van der Waals surface area contributed by atoms with Gasteiger partial charge in [0, 0.05) is 12.2 Å². The highest BCUT2D eigenvalue weighted by atomic mass is 35.5. The molecule has 0 spiro atoms. The van der Waals surface area contributed by atoms with Crippen LogP contribution in [0, 0.1) is 5.82 Å². The van der Waals surface area contributed by atoms with E-state index in [4.69, 9.17) is 11.6 Å². The fourth-order valence-electron chi connectivity index (χ4n) is 4.36. The number of aromatic nitrogens is 2. The van der Waals surface area contributed by atoms with Crippen LogP contribution in [0.15, 0.2) is 71.5 Å². The van der Waals surface area contributed by atoms with Crippen molar-refractivity contribution >= 4 is 28.2 Å². The minimum atomic E-state index is -0.479. The predicted molar refractivity (Wildman–Crippen MR) is 131 cm³/mol. The SMILES string of the molecule is O=c1c2cc(F)ccc2nc(CNc2cccc(CN3CCCC3)c2)n1-c1ccccc1Cl.